The number of hydrogen-bond acceptors (Lipinski definition) is 3. The van der Waals surface area contributed by atoms with Crippen molar-refractivity contribution >= 4 is 11.9 Å². The van der Waals surface area contributed by atoms with Gasteiger partial charge in [0.05, 0.1) is 13.5 Å². The summed E-state index contributed by atoms with van der Waals surface area (Å²) in [5, 5.41) is 5.79. The van der Waals surface area contributed by atoms with E-state index in [1.807, 2.05) is 43.0 Å². The van der Waals surface area contributed by atoms with E-state index in [-0.39, 0.29) is 24.0 Å². The second-order valence-corrected chi connectivity index (χ2v) is 6.42. The predicted molar refractivity (Wildman–Crippen MR) is 93.1 cm³/mol. The molecule has 1 aromatic carbocycles. The summed E-state index contributed by atoms with van der Waals surface area (Å²) in [6.07, 6.45) is 1.91. The molecule has 6 heteroatoms. The number of benzene rings is 1. The van der Waals surface area contributed by atoms with Crippen LogP contribution in [0, 0.1) is 0 Å². The number of amides is 3. The Hall–Kier alpha value is -2.24. The number of ether oxygens (including phenoxy) is 1. The van der Waals surface area contributed by atoms with Gasteiger partial charge in [0.2, 0.25) is 5.91 Å². The highest BCUT2D eigenvalue weighted by Crippen LogP contribution is 2.19. The van der Waals surface area contributed by atoms with Gasteiger partial charge in [0.15, 0.2) is 0 Å². The lowest BCUT2D eigenvalue weighted by molar-refractivity contribution is -0.131. The van der Waals surface area contributed by atoms with Gasteiger partial charge in [-0.2, -0.15) is 0 Å². The van der Waals surface area contributed by atoms with Gasteiger partial charge in [0, 0.05) is 30.7 Å². The second kappa shape index (κ2) is 8.57. The molecule has 0 spiro atoms. The molecule has 1 fully saturated rings. The number of piperidine rings is 1. The molecule has 0 aromatic heterocycles. The van der Waals surface area contributed by atoms with E-state index >= 15 is 0 Å². The first-order valence-corrected chi connectivity index (χ1v) is 8.46. The van der Waals surface area contributed by atoms with Gasteiger partial charge in [-0.05, 0) is 32.8 Å². The maximum Gasteiger partial charge on any atom is 0.315 e. The van der Waals surface area contributed by atoms with Crippen molar-refractivity contribution in [1.82, 2.24) is 15.5 Å². The molecule has 1 aliphatic heterocycles. The molecule has 0 unspecified atom stereocenters. The average molecular weight is 333 g/mol. The molecule has 2 rings (SSSR count). The lowest BCUT2D eigenvalue weighted by atomic mass is 10.0. The zero-order valence-corrected chi connectivity index (χ0v) is 14.7. The molecule has 1 heterocycles. The van der Waals surface area contributed by atoms with Crippen LogP contribution in [0.25, 0.3) is 0 Å². The fraction of sp³-hybridized carbons (Fsp3) is 0.556. The molecule has 1 saturated heterocycles. The highest BCUT2D eigenvalue weighted by Gasteiger charge is 2.24. The first-order valence-electron chi connectivity index (χ1n) is 8.46. The fourth-order valence-electron chi connectivity index (χ4n) is 2.89. The van der Waals surface area contributed by atoms with Crippen molar-refractivity contribution in [2.24, 2.45) is 0 Å². The average Bonchev–Trinajstić information content (AvgIpc) is 2.55. The van der Waals surface area contributed by atoms with Crippen molar-refractivity contribution in [3.05, 3.63) is 29.8 Å². The van der Waals surface area contributed by atoms with E-state index in [4.69, 9.17) is 4.74 Å². The summed E-state index contributed by atoms with van der Waals surface area (Å²) in [4.78, 5) is 26.1. The van der Waals surface area contributed by atoms with E-state index in [1.54, 1.807) is 7.11 Å². The van der Waals surface area contributed by atoms with Gasteiger partial charge in [-0.1, -0.05) is 18.2 Å². The summed E-state index contributed by atoms with van der Waals surface area (Å²) in [5.74, 6) is 0.845. The van der Waals surface area contributed by atoms with Crippen molar-refractivity contribution in [3.63, 3.8) is 0 Å². The third-order valence-electron chi connectivity index (χ3n) is 4.14. The first kappa shape index (κ1) is 18.1. The number of nitrogens with zero attached hydrogens (tertiary/aromatic N) is 1. The summed E-state index contributed by atoms with van der Waals surface area (Å²) in [7, 11) is 1.61. The minimum Gasteiger partial charge on any atom is -0.496 e. The minimum absolute atomic E-state index is 0.101. The lowest BCUT2D eigenvalue weighted by Gasteiger charge is -2.32. The topological polar surface area (TPSA) is 70.7 Å². The Kier molecular flexibility index (Phi) is 6.46. The van der Waals surface area contributed by atoms with Gasteiger partial charge in [-0.25, -0.2) is 4.79 Å². The van der Waals surface area contributed by atoms with E-state index in [1.165, 1.54) is 0 Å². The predicted octanol–water partition coefficient (Wildman–Crippen LogP) is 1.94. The molecule has 132 valence electrons. The largest absolute Gasteiger partial charge is 0.496 e. The quantitative estimate of drug-likeness (QED) is 0.865. The number of methoxy groups -OCH3 is 1. The Labute approximate surface area is 143 Å². The number of hydrogen-bond donors (Lipinski definition) is 2. The summed E-state index contributed by atoms with van der Waals surface area (Å²) in [6, 6.07) is 7.70. The van der Waals surface area contributed by atoms with E-state index in [2.05, 4.69) is 10.6 Å². The molecule has 1 aliphatic rings. The van der Waals surface area contributed by atoms with Crippen LogP contribution in [0.2, 0.25) is 0 Å². The Morgan fingerprint density at radius 3 is 2.54 bits per heavy atom. The number of urea groups is 1. The molecular weight excluding hydrogens is 306 g/mol. The van der Waals surface area contributed by atoms with Crippen molar-refractivity contribution in [2.75, 3.05) is 20.2 Å². The molecule has 0 bridgehead atoms. The molecule has 24 heavy (non-hydrogen) atoms. The van der Waals surface area contributed by atoms with E-state index < -0.39 is 0 Å². The fourth-order valence-corrected chi connectivity index (χ4v) is 2.89. The van der Waals surface area contributed by atoms with E-state index in [9.17, 15) is 9.59 Å². The molecule has 0 atom stereocenters. The highest BCUT2D eigenvalue weighted by atomic mass is 16.5. The van der Waals surface area contributed by atoms with Crippen LogP contribution < -0.4 is 15.4 Å². The van der Waals surface area contributed by atoms with E-state index in [0.29, 0.717) is 19.5 Å². The molecule has 0 saturated carbocycles. The minimum atomic E-state index is -0.135. The van der Waals surface area contributed by atoms with Gasteiger partial charge in [-0.15, -0.1) is 0 Å². The van der Waals surface area contributed by atoms with Crippen molar-refractivity contribution in [2.45, 2.75) is 45.2 Å². The van der Waals surface area contributed by atoms with Crippen molar-refractivity contribution in [3.8, 4) is 5.75 Å². The standard InChI is InChI=1S/C18H27N3O3/c1-13(2)19-18(23)20-15-8-10-21(11-9-15)17(22)12-14-6-4-5-7-16(14)24-3/h4-7,13,15H,8-12H2,1-3H3,(H2,19,20,23). The SMILES string of the molecule is COc1ccccc1CC(=O)N1CCC(NC(=O)NC(C)C)CC1. The van der Waals surface area contributed by atoms with E-state index in [0.717, 1.165) is 24.2 Å². The van der Waals surface area contributed by atoms with Crippen LogP contribution in [0.3, 0.4) is 0 Å². The van der Waals surface area contributed by atoms with Crippen LogP contribution in [0.5, 0.6) is 5.75 Å². The van der Waals surface area contributed by atoms with Crippen LogP contribution in [0.4, 0.5) is 4.79 Å². The number of carbonyl (C=O) groups excluding carboxylic acids is 2. The summed E-state index contributed by atoms with van der Waals surface area (Å²) >= 11 is 0. The van der Waals surface area contributed by atoms with Crippen LogP contribution in [-0.4, -0.2) is 49.1 Å². The van der Waals surface area contributed by atoms with Gasteiger partial charge in [-0.3, -0.25) is 4.79 Å². The zero-order chi connectivity index (χ0) is 17.5. The third-order valence-corrected chi connectivity index (χ3v) is 4.14. The Morgan fingerprint density at radius 2 is 1.92 bits per heavy atom. The van der Waals surface area contributed by atoms with Crippen molar-refractivity contribution in [1.29, 1.82) is 0 Å². The molecule has 3 amide bonds. The van der Waals surface area contributed by atoms with Gasteiger partial charge in [0.25, 0.3) is 0 Å². The molecule has 1 aromatic rings. The van der Waals surface area contributed by atoms with Crippen LogP contribution in [0.1, 0.15) is 32.3 Å². The zero-order valence-electron chi connectivity index (χ0n) is 14.7. The molecule has 2 N–H and O–H groups in total. The molecule has 0 radical (unpaired) electrons. The lowest BCUT2D eigenvalue weighted by Crippen LogP contribution is -2.50. The highest BCUT2D eigenvalue weighted by molar-refractivity contribution is 5.79. The van der Waals surface area contributed by atoms with Crippen LogP contribution >= 0.6 is 0 Å². The third kappa shape index (κ3) is 5.15. The van der Waals surface area contributed by atoms with Gasteiger partial charge < -0.3 is 20.3 Å². The smallest absolute Gasteiger partial charge is 0.315 e. The Morgan fingerprint density at radius 1 is 1.25 bits per heavy atom. The Balaban J connectivity index is 1.81. The van der Waals surface area contributed by atoms with Crippen LogP contribution in [-0.2, 0) is 11.2 Å². The van der Waals surface area contributed by atoms with Crippen LogP contribution in [0.15, 0.2) is 24.3 Å². The number of likely N-dealkylation sites (tertiary alicyclic amines) is 1. The maximum absolute atomic E-state index is 12.5. The summed E-state index contributed by atoms with van der Waals surface area (Å²) < 4.78 is 5.30. The molecular formula is C18H27N3O3. The second-order valence-electron chi connectivity index (χ2n) is 6.42. The maximum atomic E-state index is 12.5. The number of para-hydroxylation sites is 1. The normalized spacial score (nSPS) is 15.2. The Bertz CT molecular complexity index is 566. The number of nitrogens with one attached hydrogen (secondary N) is 2. The summed E-state index contributed by atoms with van der Waals surface area (Å²) in [6.45, 7) is 5.19. The van der Waals surface area contributed by atoms with Gasteiger partial charge in [0.1, 0.15) is 5.75 Å². The first-order chi connectivity index (χ1) is 11.5. The van der Waals surface area contributed by atoms with Gasteiger partial charge >= 0.3 is 6.03 Å². The number of rotatable bonds is 5. The number of carbonyl (C=O) groups is 2. The molecule has 6 nitrogen and oxygen atoms in total. The molecule has 0 aliphatic carbocycles. The summed E-state index contributed by atoms with van der Waals surface area (Å²) in [5.41, 5.74) is 0.904. The van der Waals surface area contributed by atoms with Crippen molar-refractivity contribution < 1.29 is 14.3 Å². The monoisotopic (exact) mass is 333 g/mol.